The Labute approximate surface area is 178 Å². The molecule has 0 saturated carbocycles. The van der Waals surface area contributed by atoms with Gasteiger partial charge < -0.3 is 9.30 Å². The average Bonchev–Trinajstić information content (AvgIpc) is 3.40. The van der Waals surface area contributed by atoms with Crippen molar-refractivity contribution in [3.8, 4) is 11.1 Å². The van der Waals surface area contributed by atoms with E-state index >= 15 is 0 Å². The summed E-state index contributed by atoms with van der Waals surface area (Å²) in [5, 5.41) is 6.98. The molecule has 0 spiro atoms. The Morgan fingerprint density at radius 2 is 2.18 bits per heavy atom. The van der Waals surface area contributed by atoms with Crippen LogP contribution in [0.25, 0.3) is 22.0 Å². The van der Waals surface area contributed by atoms with Crippen molar-refractivity contribution < 1.29 is 4.74 Å². The Morgan fingerprint density at radius 1 is 1.29 bits per heavy atom. The molecule has 1 aromatic carbocycles. The maximum absolute atomic E-state index is 6.64. The quantitative estimate of drug-likeness (QED) is 0.563. The van der Waals surface area contributed by atoms with Crippen molar-refractivity contribution in [1.82, 2.24) is 19.1 Å². The van der Waals surface area contributed by atoms with Crippen LogP contribution in [0.4, 0.5) is 0 Å². The fourth-order valence-electron chi connectivity index (χ4n) is 4.49. The van der Waals surface area contributed by atoms with Gasteiger partial charge in [-0.15, -0.1) is 0 Å². The number of rotatable bonds is 4. The lowest BCUT2D eigenvalue weighted by Gasteiger charge is -2.22. The van der Waals surface area contributed by atoms with Crippen molar-refractivity contribution in [1.29, 1.82) is 0 Å². The highest BCUT2D eigenvalue weighted by Gasteiger charge is 2.30. The lowest BCUT2D eigenvalue weighted by Crippen LogP contribution is -2.24. The summed E-state index contributed by atoms with van der Waals surface area (Å²) in [4.78, 5) is 0. The van der Waals surface area contributed by atoms with Crippen molar-refractivity contribution in [3.63, 3.8) is 0 Å². The van der Waals surface area contributed by atoms with Gasteiger partial charge in [0.05, 0.1) is 21.8 Å². The minimum atomic E-state index is 0.0355. The summed E-state index contributed by atoms with van der Waals surface area (Å²) in [7, 11) is 0. The van der Waals surface area contributed by atoms with Gasteiger partial charge in [0.25, 0.3) is 0 Å². The van der Waals surface area contributed by atoms with Gasteiger partial charge in [0, 0.05) is 54.0 Å². The third-order valence-electron chi connectivity index (χ3n) is 5.69. The van der Waals surface area contributed by atoms with Crippen molar-refractivity contribution in [2.45, 2.75) is 44.5 Å². The number of hydrogen-bond donors (Lipinski definition) is 1. The number of fused-ring (bicyclic) bond motifs is 3. The molecule has 2 aliphatic heterocycles. The molecule has 4 heterocycles. The van der Waals surface area contributed by atoms with Gasteiger partial charge >= 0.3 is 0 Å². The fourth-order valence-corrected chi connectivity index (χ4v) is 5.40. The van der Waals surface area contributed by atoms with Crippen LogP contribution in [-0.2, 0) is 17.7 Å². The summed E-state index contributed by atoms with van der Waals surface area (Å²) >= 11 is 14.6. The van der Waals surface area contributed by atoms with Gasteiger partial charge in [-0.05, 0) is 31.6 Å². The van der Waals surface area contributed by atoms with Crippen LogP contribution in [0, 0.1) is 0 Å². The van der Waals surface area contributed by atoms with Crippen LogP contribution < -0.4 is 4.72 Å². The number of nitrogens with one attached hydrogen (secondary N) is 1. The molecular formula is C20H22Cl2N4OS. The van der Waals surface area contributed by atoms with Crippen LogP contribution in [0.3, 0.4) is 0 Å². The first-order valence-corrected chi connectivity index (χ1v) is 11.6. The lowest BCUT2D eigenvalue weighted by molar-refractivity contribution is -0.0394. The van der Waals surface area contributed by atoms with Crippen molar-refractivity contribution in [3.05, 3.63) is 40.3 Å². The smallest absolute Gasteiger partial charge is 0.150 e. The minimum Gasteiger partial charge on any atom is -0.357 e. The molecule has 5 rings (SSSR count). The molecule has 1 fully saturated rings. The van der Waals surface area contributed by atoms with Crippen LogP contribution in [0.15, 0.2) is 24.5 Å². The number of hydrogen-bond acceptors (Lipinski definition) is 4. The normalized spacial score (nSPS) is 22.1. The molecule has 0 aliphatic carbocycles. The highest BCUT2D eigenvalue weighted by Crippen LogP contribution is 2.43. The Morgan fingerprint density at radius 3 is 2.96 bits per heavy atom. The number of benzene rings is 1. The Bertz CT molecular complexity index is 1030. The summed E-state index contributed by atoms with van der Waals surface area (Å²) in [6.45, 7) is 1.69. The molecule has 0 amide bonds. The van der Waals surface area contributed by atoms with Gasteiger partial charge in [-0.1, -0.05) is 41.2 Å². The van der Waals surface area contributed by atoms with Gasteiger partial charge in [0.15, 0.2) is 0 Å². The molecule has 2 aliphatic rings. The van der Waals surface area contributed by atoms with E-state index in [-0.39, 0.29) is 6.23 Å². The number of nitrogens with zero attached hydrogens (tertiary/aromatic N) is 3. The summed E-state index contributed by atoms with van der Waals surface area (Å²) < 4.78 is 13.7. The molecular weight excluding hydrogens is 415 g/mol. The van der Waals surface area contributed by atoms with E-state index in [9.17, 15) is 0 Å². The zero-order valence-corrected chi connectivity index (χ0v) is 17.9. The topological polar surface area (TPSA) is 44.0 Å². The number of aromatic nitrogens is 3. The number of ether oxygens (including phenoxy) is 1. The maximum atomic E-state index is 6.64. The summed E-state index contributed by atoms with van der Waals surface area (Å²) in [5.74, 6) is 0. The summed E-state index contributed by atoms with van der Waals surface area (Å²) in [6, 6.07) is 4.34. The van der Waals surface area contributed by atoms with Gasteiger partial charge in [-0.25, -0.2) is 4.68 Å². The van der Waals surface area contributed by atoms with Gasteiger partial charge in [-0.3, -0.25) is 4.72 Å². The first kappa shape index (κ1) is 18.8. The van der Waals surface area contributed by atoms with Gasteiger partial charge in [-0.2, -0.15) is 5.10 Å². The predicted octanol–water partition coefficient (Wildman–Crippen LogP) is 5.30. The van der Waals surface area contributed by atoms with Gasteiger partial charge in [0.2, 0.25) is 0 Å². The molecule has 3 aromatic rings. The van der Waals surface area contributed by atoms with Crippen LogP contribution in [-0.4, -0.2) is 33.3 Å². The molecule has 0 radical (unpaired) electrons. The molecule has 5 nitrogen and oxygen atoms in total. The highest BCUT2D eigenvalue weighted by molar-refractivity contribution is 7.96. The van der Waals surface area contributed by atoms with E-state index in [1.165, 1.54) is 17.7 Å². The van der Waals surface area contributed by atoms with E-state index in [1.807, 2.05) is 16.9 Å². The SMILES string of the molecule is CSNC1Cc2c(-c3cnn(C4CCCCO4)c3)c3ccc(Cl)c(Cl)c3n2C1. The largest absolute Gasteiger partial charge is 0.357 e. The summed E-state index contributed by atoms with van der Waals surface area (Å²) in [5.41, 5.74) is 4.62. The molecule has 1 saturated heterocycles. The standard InChI is InChI=1S/C20H22Cl2N4OS/c1-28-24-13-8-16-18(12-9-23-26(10-12)17-4-2-3-7-27-17)14-5-6-15(21)19(22)20(14)25(16)11-13/h5-6,9-10,13,17,24H,2-4,7-8,11H2,1H3. The molecule has 2 atom stereocenters. The van der Waals surface area contributed by atoms with Crippen LogP contribution in [0.1, 0.15) is 31.2 Å². The van der Waals surface area contributed by atoms with E-state index in [0.717, 1.165) is 48.9 Å². The maximum Gasteiger partial charge on any atom is 0.150 e. The first-order valence-electron chi connectivity index (χ1n) is 9.61. The molecule has 2 unspecified atom stereocenters. The van der Waals surface area contributed by atoms with Crippen molar-refractivity contribution >= 4 is 46.1 Å². The average molecular weight is 437 g/mol. The molecule has 1 N–H and O–H groups in total. The van der Waals surface area contributed by atoms with E-state index in [4.69, 9.17) is 27.9 Å². The van der Waals surface area contributed by atoms with Gasteiger partial charge in [0.1, 0.15) is 6.23 Å². The van der Waals surface area contributed by atoms with E-state index in [1.54, 1.807) is 11.9 Å². The summed E-state index contributed by atoms with van der Waals surface area (Å²) in [6.07, 6.45) is 10.4. The predicted molar refractivity (Wildman–Crippen MR) is 116 cm³/mol. The number of halogens is 2. The molecule has 28 heavy (non-hydrogen) atoms. The monoisotopic (exact) mass is 436 g/mol. The van der Waals surface area contributed by atoms with E-state index < -0.39 is 0 Å². The van der Waals surface area contributed by atoms with Crippen LogP contribution >= 0.6 is 35.1 Å². The Hall–Kier alpha value is -1.18. The molecule has 148 valence electrons. The first-order chi connectivity index (χ1) is 13.7. The third kappa shape index (κ3) is 3.06. The second-order valence-electron chi connectivity index (χ2n) is 7.44. The van der Waals surface area contributed by atoms with Crippen LogP contribution in [0.5, 0.6) is 0 Å². The lowest BCUT2D eigenvalue weighted by atomic mass is 10.0. The molecule has 8 heteroatoms. The zero-order chi connectivity index (χ0) is 19.3. The molecule has 0 bridgehead atoms. The second-order valence-corrected chi connectivity index (χ2v) is 8.87. The molecule has 2 aromatic heterocycles. The third-order valence-corrected chi connectivity index (χ3v) is 7.05. The Kier molecular flexibility index (Phi) is 5.09. The second kappa shape index (κ2) is 7.58. The van der Waals surface area contributed by atoms with Crippen LogP contribution in [0.2, 0.25) is 10.0 Å². The minimum absolute atomic E-state index is 0.0355. The van der Waals surface area contributed by atoms with E-state index in [2.05, 4.69) is 32.9 Å². The fraction of sp³-hybridized carbons (Fsp3) is 0.450. The zero-order valence-electron chi connectivity index (χ0n) is 15.6. The van der Waals surface area contributed by atoms with Crippen molar-refractivity contribution in [2.24, 2.45) is 0 Å². The highest BCUT2D eigenvalue weighted by atomic mass is 35.5. The van der Waals surface area contributed by atoms with E-state index in [0.29, 0.717) is 16.1 Å². The Balaban J connectivity index is 1.63. The van der Waals surface area contributed by atoms with Crippen molar-refractivity contribution in [2.75, 3.05) is 12.9 Å².